The van der Waals surface area contributed by atoms with E-state index in [0.717, 1.165) is 10.8 Å². The zero-order valence-corrected chi connectivity index (χ0v) is 12.4. The van der Waals surface area contributed by atoms with Gasteiger partial charge in [-0.05, 0) is 43.7 Å². The van der Waals surface area contributed by atoms with Gasteiger partial charge in [-0.1, -0.05) is 30.3 Å². The number of benzene rings is 2. The maximum Gasteiger partial charge on any atom is 0.338 e. The number of carbonyl (C=O) groups excluding carboxylic acids is 2. The van der Waals surface area contributed by atoms with E-state index in [1.165, 1.54) is 0 Å². The first-order valence-corrected chi connectivity index (χ1v) is 6.97. The molecular weight excluding hydrogens is 266 g/mol. The SMILES string of the molecule is CC(C)NC(=O)C(C)OC(=O)c1ccc2ccccc2c1. The third-order valence-electron chi connectivity index (χ3n) is 3.07. The van der Waals surface area contributed by atoms with Gasteiger partial charge in [0, 0.05) is 6.04 Å². The van der Waals surface area contributed by atoms with Crippen molar-refractivity contribution in [3.63, 3.8) is 0 Å². The molecule has 0 saturated heterocycles. The van der Waals surface area contributed by atoms with Crippen LogP contribution in [0.2, 0.25) is 0 Å². The molecule has 1 amide bonds. The summed E-state index contributed by atoms with van der Waals surface area (Å²) in [5.74, 6) is -0.786. The van der Waals surface area contributed by atoms with Gasteiger partial charge in [0.05, 0.1) is 5.56 Å². The number of esters is 1. The van der Waals surface area contributed by atoms with Gasteiger partial charge in [-0.3, -0.25) is 4.79 Å². The van der Waals surface area contributed by atoms with E-state index in [1.807, 2.05) is 44.2 Å². The Kier molecular flexibility index (Phi) is 4.58. The average molecular weight is 285 g/mol. The minimum Gasteiger partial charge on any atom is -0.449 e. The van der Waals surface area contributed by atoms with Crippen LogP contribution in [0.25, 0.3) is 10.8 Å². The lowest BCUT2D eigenvalue weighted by atomic mass is 10.1. The molecule has 0 aliphatic rings. The summed E-state index contributed by atoms with van der Waals surface area (Å²) in [4.78, 5) is 23.8. The average Bonchev–Trinajstić information content (AvgIpc) is 2.45. The van der Waals surface area contributed by atoms with Crippen molar-refractivity contribution >= 4 is 22.6 Å². The number of hydrogen-bond acceptors (Lipinski definition) is 3. The largest absolute Gasteiger partial charge is 0.449 e. The van der Waals surface area contributed by atoms with Crippen molar-refractivity contribution in [3.05, 3.63) is 48.0 Å². The summed E-state index contributed by atoms with van der Waals surface area (Å²) in [7, 11) is 0. The van der Waals surface area contributed by atoms with Crippen LogP contribution in [0.3, 0.4) is 0 Å². The number of rotatable bonds is 4. The minimum atomic E-state index is -0.814. The molecule has 4 heteroatoms. The van der Waals surface area contributed by atoms with E-state index in [4.69, 9.17) is 4.74 Å². The molecule has 21 heavy (non-hydrogen) atoms. The Morgan fingerprint density at radius 1 is 1.00 bits per heavy atom. The molecule has 2 rings (SSSR count). The molecule has 0 bridgehead atoms. The van der Waals surface area contributed by atoms with Crippen LogP contribution < -0.4 is 5.32 Å². The van der Waals surface area contributed by atoms with Gasteiger partial charge in [-0.25, -0.2) is 4.79 Å². The monoisotopic (exact) mass is 285 g/mol. The quantitative estimate of drug-likeness (QED) is 0.879. The lowest BCUT2D eigenvalue weighted by Crippen LogP contribution is -2.39. The van der Waals surface area contributed by atoms with Crippen molar-refractivity contribution in [3.8, 4) is 0 Å². The zero-order chi connectivity index (χ0) is 15.4. The van der Waals surface area contributed by atoms with Gasteiger partial charge >= 0.3 is 5.97 Å². The highest BCUT2D eigenvalue weighted by Gasteiger charge is 2.19. The van der Waals surface area contributed by atoms with Crippen molar-refractivity contribution in [2.75, 3.05) is 0 Å². The van der Waals surface area contributed by atoms with E-state index < -0.39 is 12.1 Å². The Morgan fingerprint density at radius 2 is 1.67 bits per heavy atom. The third kappa shape index (κ3) is 3.81. The van der Waals surface area contributed by atoms with Crippen LogP contribution >= 0.6 is 0 Å². The van der Waals surface area contributed by atoms with E-state index in [-0.39, 0.29) is 11.9 Å². The maximum absolute atomic E-state index is 12.1. The summed E-state index contributed by atoms with van der Waals surface area (Å²) in [6.07, 6.45) is -0.814. The summed E-state index contributed by atoms with van der Waals surface area (Å²) >= 11 is 0. The van der Waals surface area contributed by atoms with E-state index in [1.54, 1.807) is 19.1 Å². The van der Waals surface area contributed by atoms with Gasteiger partial charge in [-0.2, -0.15) is 0 Å². The molecule has 0 aliphatic heterocycles. The molecule has 2 aromatic carbocycles. The Bertz CT molecular complexity index is 664. The van der Waals surface area contributed by atoms with Crippen LogP contribution in [-0.4, -0.2) is 24.0 Å². The lowest BCUT2D eigenvalue weighted by Gasteiger charge is -2.15. The number of fused-ring (bicyclic) bond motifs is 1. The van der Waals surface area contributed by atoms with E-state index in [0.29, 0.717) is 5.56 Å². The standard InChI is InChI=1S/C17H19NO3/c1-11(2)18-16(19)12(3)21-17(20)15-9-8-13-6-4-5-7-14(13)10-15/h4-12H,1-3H3,(H,18,19). The maximum atomic E-state index is 12.1. The highest BCUT2D eigenvalue weighted by Crippen LogP contribution is 2.16. The molecule has 0 radical (unpaired) electrons. The van der Waals surface area contributed by atoms with Crippen molar-refractivity contribution in [1.29, 1.82) is 0 Å². The number of hydrogen-bond donors (Lipinski definition) is 1. The van der Waals surface area contributed by atoms with Gasteiger partial charge in [0.2, 0.25) is 0 Å². The topological polar surface area (TPSA) is 55.4 Å². The first kappa shape index (κ1) is 15.0. The number of nitrogens with one attached hydrogen (secondary N) is 1. The Morgan fingerprint density at radius 3 is 2.33 bits per heavy atom. The minimum absolute atomic E-state index is 0.0133. The molecule has 1 unspecified atom stereocenters. The normalized spacial score (nSPS) is 12.2. The number of carbonyl (C=O) groups is 2. The Hall–Kier alpha value is -2.36. The van der Waals surface area contributed by atoms with E-state index in [2.05, 4.69) is 5.32 Å². The second-order valence-corrected chi connectivity index (χ2v) is 5.27. The summed E-state index contributed by atoms with van der Waals surface area (Å²) in [5.41, 5.74) is 0.442. The summed E-state index contributed by atoms with van der Waals surface area (Å²) in [5, 5.41) is 4.73. The second kappa shape index (κ2) is 6.39. The molecule has 110 valence electrons. The van der Waals surface area contributed by atoms with Crippen LogP contribution in [0.5, 0.6) is 0 Å². The fraction of sp³-hybridized carbons (Fsp3) is 0.294. The van der Waals surface area contributed by atoms with Crippen LogP contribution in [-0.2, 0) is 9.53 Å². The highest BCUT2D eigenvalue weighted by atomic mass is 16.5. The van der Waals surface area contributed by atoms with Gasteiger partial charge in [0.15, 0.2) is 6.10 Å². The molecule has 0 aliphatic carbocycles. The third-order valence-corrected chi connectivity index (χ3v) is 3.07. The molecule has 4 nitrogen and oxygen atoms in total. The lowest BCUT2D eigenvalue weighted by molar-refractivity contribution is -0.129. The first-order chi connectivity index (χ1) is 9.97. The zero-order valence-electron chi connectivity index (χ0n) is 12.4. The molecule has 1 atom stereocenters. The molecule has 0 spiro atoms. The Balaban J connectivity index is 2.09. The van der Waals surface area contributed by atoms with Crippen LogP contribution in [0, 0.1) is 0 Å². The van der Waals surface area contributed by atoms with Crippen LogP contribution in [0.15, 0.2) is 42.5 Å². The van der Waals surface area contributed by atoms with Gasteiger partial charge < -0.3 is 10.1 Å². The van der Waals surface area contributed by atoms with Gasteiger partial charge in [0.25, 0.3) is 5.91 Å². The second-order valence-electron chi connectivity index (χ2n) is 5.27. The summed E-state index contributed by atoms with van der Waals surface area (Å²) < 4.78 is 5.20. The van der Waals surface area contributed by atoms with E-state index >= 15 is 0 Å². The molecule has 0 heterocycles. The molecule has 1 N–H and O–H groups in total. The summed E-state index contributed by atoms with van der Waals surface area (Å²) in [6, 6.07) is 13.1. The smallest absolute Gasteiger partial charge is 0.338 e. The molecule has 0 fully saturated rings. The predicted octanol–water partition coefficient (Wildman–Crippen LogP) is 2.91. The van der Waals surface area contributed by atoms with Crippen LogP contribution in [0.4, 0.5) is 0 Å². The molecule has 2 aromatic rings. The highest BCUT2D eigenvalue weighted by molar-refractivity contribution is 5.96. The summed E-state index contributed by atoms with van der Waals surface area (Å²) in [6.45, 7) is 5.28. The molecule has 0 saturated carbocycles. The van der Waals surface area contributed by atoms with Gasteiger partial charge in [0.1, 0.15) is 0 Å². The fourth-order valence-corrected chi connectivity index (χ4v) is 2.00. The van der Waals surface area contributed by atoms with Gasteiger partial charge in [-0.15, -0.1) is 0 Å². The fourth-order valence-electron chi connectivity index (χ4n) is 2.00. The first-order valence-electron chi connectivity index (χ1n) is 6.97. The predicted molar refractivity (Wildman–Crippen MR) is 82.1 cm³/mol. The Labute approximate surface area is 124 Å². The molecular formula is C17H19NO3. The van der Waals surface area contributed by atoms with Crippen molar-refractivity contribution in [1.82, 2.24) is 5.32 Å². The molecule has 0 aromatic heterocycles. The van der Waals surface area contributed by atoms with Crippen molar-refractivity contribution < 1.29 is 14.3 Å². The van der Waals surface area contributed by atoms with Crippen molar-refractivity contribution in [2.45, 2.75) is 32.9 Å². The number of ether oxygens (including phenoxy) is 1. The number of amides is 1. The van der Waals surface area contributed by atoms with E-state index in [9.17, 15) is 9.59 Å². The van der Waals surface area contributed by atoms with Crippen molar-refractivity contribution in [2.24, 2.45) is 0 Å². The van der Waals surface area contributed by atoms with Crippen LogP contribution in [0.1, 0.15) is 31.1 Å².